The Morgan fingerprint density at radius 3 is 2.17 bits per heavy atom. The third kappa shape index (κ3) is 3.23. The van der Waals surface area contributed by atoms with Gasteiger partial charge in [-0.3, -0.25) is 9.59 Å². The SMILES string of the molecule is CN1CC[C@@H](NC(=O)c2ccc(-c3ccc(F)cc3)cc2)C1=O. The van der Waals surface area contributed by atoms with Gasteiger partial charge in [0.1, 0.15) is 11.9 Å². The number of carbonyl (C=O) groups is 2. The molecule has 23 heavy (non-hydrogen) atoms. The largest absolute Gasteiger partial charge is 0.344 e. The first-order chi connectivity index (χ1) is 11.0. The predicted octanol–water partition coefficient (Wildman–Crippen LogP) is 2.45. The van der Waals surface area contributed by atoms with E-state index in [4.69, 9.17) is 0 Å². The van der Waals surface area contributed by atoms with Crippen LogP contribution in [0.3, 0.4) is 0 Å². The van der Waals surface area contributed by atoms with Gasteiger partial charge in [-0.1, -0.05) is 24.3 Å². The van der Waals surface area contributed by atoms with Crippen molar-refractivity contribution in [1.29, 1.82) is 0 Å². The second-order valence-electron chi connectivity index (χ2n) is 5.66. The molecule has 4 nitrogen and oxygen atoms in total. The molecule has 0 unspecified atom stereocenters. The predicted molar refractivity (Wildman–Crippen MR) is 85.3 cm³/mol. The molecule has 1 aliphatic heterocycles. The summed E-state index contributed by atoms with van der Waals surface area (Å²) < 4.78 is 12.9. The van der Waals surface area contributed by atoms with Crippen LogP contribution in [0.25, 0.3) is 11.1 Å². The third-order valence-electron chi connectivity index (χ3n) is 4.06. The minimum atomic E-state index is -0.440. The highest BCUT2D eigenvalue weighted by atomic mass is 19.1. The zero-order valence-electron chi connectivity index (χ0n) is 12.8. The maximum Gasteiger partial charge on any atom is 0.251 e. The van der Waals surface area contributed by atoms with Gasteiger partial charge in [0.2, 0.25) is 5.91 Å². The smallest absolute Gasteiger partial charge is 0.251 e. The first-order valence-electron chi connectivity index (χ1n) is 7.46. The Labute approximate surface area is 133 Å². The quantitative estimate of drug-likeness (QED) is 0.946. The van der Waals surface area contributed by atoms with E-state index in [2.05, 4.69) is 5.32 Å². The van der Waals surface area contributed by atoms with Crippen molar-refractivity contribution in [2.75, 3.05) is 13.6 Å². The maximum absolute atomic E-state index is 12.9. The number of nitrogens with zero attached hydrogens (tertiary/aromatic N) is 1. The van der Waals surface area contributed by atoms with Crippen molar-refractivity contribution in [1.82, 2.24) is 10.2 Å². The Balaban J connectivity index is 1.70. The summed E-state index contributed by atoms with van der Waals surface area (Å²) in [4.78, 5) is 25.6. The van der Waals surface area contributed by atoms with E-state index < -0.39 is 6.04 Å². The molecule has 1 atom stereocenters. The monoisotopic (exact) mass is 312 g/mol. The average Bonchev–Trinajstić information content (AvgIpc) is 2.88. The summed E-state index contributed by atoms with van der Waals surface area (Å²) in [5.41, 5.74) is 2.28. The molecule has 0 saturated carbocycles. The molecule has 5 heteroatoms. The van der Waals surface area contributed by atoms with E-state index >= 15 is 0 Å². The number of benzene rings is 2. The normalized spacial score (nSPS) is 17.4. The highest BCUT2D eigenvalue weighted by Gasteiger charge is 2.30. The Bertz CT molecular complexity index is 726. The van der Waals surface area contributed by atoms with Crippen molar-refractivity contribution in [3.8, 4) is 11.1 Å². The van der Waals surface area contributed by atoms with Gasteiger partial charge in [-0.25, -0.2) is 4.39 Å². The van der Waals surface area contributed by atoms with Crippen LogP contribution >= 0.6 is 0 Å². The van der Waals surface area contributed by atoms with Crippen molar-refractivity contribution >= 4 is 11.8 Å². The highest BCUT2D eigenvalue weighted by molar-refractivity contribution is 5.98. The zero-order valence-corrected chi connectivity index (χ0v) is 12.8. The summed E-state index contributed by atoms with van der Waals surface area (Å²) in [5, 5.41) is 2.76. The van der Waals surface area contributed by atoms with Crippen molar-refractivity contribution < 1.29 is 14.0 Å². The summed E-state index contributed by atoms with van der Waals surface area (Å²) in [7, 11) is 1.73. The van der Waals surface area contributed by atoms with Gasteiger partial charge in [-0.15, -0.1) is 0 Å². The standard InChI is InChI=1S/C18H17FN2O2/c1-21-11-10-16(18(21)23)20-17(22)14-4-2-12(3-5-14)13-6-8-15(19)9-7-13/h2-9,16H,10-11H2,1H3,(H,20,22)/t16-/m1/s1. The van der Waals surface area contributed by atoms with Crippen LogP contribution in [-0.4, -0.2) is 36.3 Å². The number of likely N-dealkylation sites (tertiary alicyclic amines) is 1. The van der Waals surface area contributed by atoms with Crippen LogP contribution in [0.5, 0.6) is 0 Å². The van der Waals surface area contributed by atoms with Crippen molar-refractivity contribution in [3.05, 3.63) is 59.9 Å². The lowest BCUT2D eigenvalue weighted by Gasteiger charge is -2.12. The molecule has 3 rings (SSSR count). The van der Waals surface area contributed by atoms with Gasteiger partial charge in [0.05, 0.1) is 0 Å². The van der Waals surface area contributed by atoms with Crippen LogP contribution < -0.4 is 5.32 Å². The molecule has 1 N–H and O–H groups in total. The molecule has 1 aliphatic rings. The van der Waals surface area contributed by atoms with Gasteiger partial charge >= 0.3 is 0 Å². The highest BCUT2D eigenvalue weighted by Crippen LogP contribution is 2.20. The number of carbonyl (C=O) groups excluding carboxylic acids is 2. The Hall–Kier alpha value is -2.69. The molecule has 0 spiro atoms. The van der Waals surface area contributed by atoms with Gasteiger partial charge in [-0.05, 0) is 41.8 Å². The molecule has 2 aromatic carbocycles. The van der Waals surface area contributed by atoms with Gasteiger partial charge in [0.15, 0.2) is 0 Å². The van der Waals surface area contributed by atoms with Crippen LogP contribution in [-0.2, 0) is 4.79 Å². The summed E-state index contributed by atoms with van der Waals surface area (Å²) in [6.07, 6.45) is 0.634. The molecule has 1 heterocycles. The topological polar surface area (TPSA) is 49.4 Å². The molecular formula is C18H17FN2O2. The van der Waals surface area contributed by atoms with Gasteiger partial charge in [-0.2, -0.15) is 0 Å². The molecule has 1 saturated heterocycles. The molecule has 0 bridgehead atoms. The minimum Gasteiger partial charge on any atom is -0.344 e. The number of halogens is 1. The van der Waals surface area contributed by atoms with Crippen LogP contribution in [0.1, 0.15) is 16.8 Å². The summed E-state index contributed by atoms with van der Waals surface area (Å²) >= 11 is 0. The summed E-state index contributed by atoms with van der Waals surface area (Å²) in [6, 6.07) is 12.8. The van der Waals surface area contributed by atoms with Gasteiger partial charge in [0.25, 0.3) is 5.91 Å². The van der Waals surface area contributed by atoms with Crippen molar-refractivity contribution in [2.24, 2.45) is 0 Å². The third-order valence-corrected chi connectivity index (χ3v) is 4.06. The fourth-order valence-electron chi connectivity index (χ4n) is 2.65. The fourth-order valence-corrected chi connectivity index (χ4v) is 2.65. The van der Waals surface area contributed by atoms with Gasteiger partial charge in [0, 0.05) is 19.2 Å². The molecule has 2 aromatic rings. The lowest BCUT2D eigenvalue weighted by Crippen LogP contribution is -2.40. The lowest BCUT2D eigenvalue weighted by atomic mass is 10.0. The second-order valence-corrected chi connectivity index (χ2v) is 5.66. The molecule has 0 aromatic heterocycles. The van der Waals surface area contributed by atoms with E-state index in [1.165, 1.54) is 12.1 Å². The minimum absolute atomic E-state index is 0.0544. The Kier molecular flexibility index (Phi) is 4.10. The fraction of sp³-hybridized carbons (Fsp3) is 0.222. The Morgan fingerprint density at radius 2 is 1.65 bits per heavy atom. The average molecular weight is 312 g/mol. The number of amides is 2. The van der Waals surface area contributed by atoms with Crippen molar-refractivity contribution in [2.45, 2.75) is 12.5 Å². The molecule has 118 valence electrons. The summed E-state index contributed by atoms with van der Waals surface area (Å²) in [5.74, 6) is -0.596. The lowest BCUT2D eigenvalue weighted by molar-refractivity contribution is -0.128. The maximum atomic E-state index is 12.9. The number of likely N-dealkylation sites (N-methyl/N-ethyl adjacent to an activating group) is 1. The van der Waals surface area contributed by atoms with Crippen LogP contribution in [0.15, 0.2) is 48.5 Å². The molecule has 0 aliphatic carbocycles. The number of hydrogen-bond acceptors (Lipinski definition) is 2. The number of hydrogen-bond donors (Lipinski definition) is 1. The Morgan fingerprint density at radius 1 is 1.09 bits per heavy atom. The van der Waals surface area contributed by atoms with Crippen LogP contribution in [0, 0.1) is 5.82 Å². The van der Waals surface area contributed by atoms with Crippen LogP contribution in [0.2, 0.25) is 0 Å². The molecule has 0 radical (unpaired) electrons. The first-order valence-corrected chi connectivity index (χ1v) is 7.46. The number of nitrogens with one attached hydrogen (secondary N) is 1. The van der Waals surface area contributed by atoms with E-state index in [1.54, 1.807) is 36.2 Å². The number of rotatable bonds is 3. The van der Waals surface area contributed by atoms with E-state index in [0.29, 0.717) is 18.5 Å². The summed E-state index contributed by atoms with van der Waals surface area (Å²) in [6.45, 7) is 0.660. The molecule has 2 amide bonds. The van der Waals surface area contributed by atoms with E-state index in [0.717, 1.165) is 11.1 Å². The van der Waals surface area contributed by atoms with Gasteiger partial charge < -0.3 is 10.2 Å². The first kappa shape index (κ1) is 15.2. The zero-order chi connectivity index (χ0) is 16.4. The molecule has 1 fully saturated rings. The molecular weight excluding hydrogens is 295 g/mol. The van der Waals surface area contributed by atoms with E-state index in [1.807, 2.05) is 12.1 Å². The van der Waals surface area contributed by atoms with E-state index in [9.17, 15) is 14.0 Å². The van der Waals surface area contributed by atoms with Crippen LogP contribution in [0.4, 0.5) is 4.39 Å². The van der Waals surface area contributed by atoms with Crippen molar-refractivity contribution in [3.63, 3.8) is 0 Å². The van der Waals surface area contributed by atoms with E-state index in [-0.39, 0.29) is 17.6 Å². The second kappa shape index (κ2) is 6.20.